The molecule has 0 spiro atoms. The molecule has 0 heterocycles. The molecule has 0 aliphatic rings. The van der Waals surface area contributed by atoms with Crippen molar-refractivity contribution in [3.05, 3.63) is 71.3 Å². The minimum Gasteiger partial charge on any atom is -0.396 e. The van der Waals surface area contributed by atoms with Crippen LogP contribution >= 0.6 is 0 Å². The molecule has 116 valence electrons. The van der Waals surface area contributed by atoms with Crippen LogP contribution in [0.2, 0.25) is 0 Å². The van der Waals surface area contributed by atoms with E-state index >= 15 is 0 Å². The standard InChI is InChI=1S/C19H23NO2/c1-15-8-10-16(11-9-15)18(12-13-21)14-20(2)19(22)17-6-4-3-5-7-17/h3-11,18,21H,12-14H2,1-2H3. The van der Waals surface area contributed by atoms with Crippen molar-refractivity contribution in [2.45, 2.75) is 19.3 Å². The summed E-state index contributed by atoms with van der Waals surface area (Å²) in [4.78, 5) is 14.2. The van der Waals surface area contributed by atoms with Gasteiger partial charge >= 0.3 is 0 Å². The summed E-state index contributed by atoms with van der Waals surface area (Å²) in [5, 5.41) is 9.32. The van der Waals surface area contributed by atoms with Gasteiger partial charge in [0.25, 0.3) is 5.91 Å². The Hall–Kier alpha value is -2.13. The number of aryl methyl sites for hydroxylation is 1. The van der Waals surface area contributed by atoms with Crippen molar-refractivity contribution < 1.29 is 9.90 Å². The highest BCUT2D eigenvalue weighted by molar-refractivity contribution is 5.94. The zero-order chi connectivity index (χ0) is 15.9. The predicted molar refractivity (Wildman–Crippen MR) is 89.0 cm³/mol. The van der Waals surface area contributed by atoms with Crippen LogP contribution in [0.4, 0.5) is 0 Å². The Labute approximate surface area is 132 Å². The van der Waals surface area contributed by atoms with E-state index in [4.69, 9.17) is 0 Å². The van der Waals surface area contributed by atoms with Gasteiger partial charge in [0.15, 0.2) is 0 Å². The molecule has 3 nitrogen and oxygen atoms in total. The molecule has 2 rings (SSSR count). The summed E-state index contributed by atoms with van der Waals surface area (Å²) in [5.74, 6) is 0.152. The maximum atomic E-state index is 12.4. The molecule has 1 atom stereocenters. The van der Waals surface area contributed by atoms with Gasteiger partial charge in [0.1, 0.15) is 0 Å². The maximum absolute atomic E-state index is 12.4. The van der Waals surface area contributed by atoms with Gasteiger partial charge in [-0.25, -0.2) is 0 Å². The van der Waals surface area contributed by atoms with Gasteiger partial charge in [-0.3, -0.25) is 4.79 Å². The fraction of sp³-hybridized carbons (Fsp3) is 0.316. The summed E-state index contributed by atoms with van der Waals surface area (Å²) in [5.41, 5.74) is 3.06. The lowest BCUT2D eigenvalue weighted by atomic mass is 9.94. The monoisotopic (exact) mass is 297 g/mol. The third kappa shape index (κ3) is 4.18. The Morgan fingerprint density at radius 3 is 2.32 bits per heavy atom. The topological polar surface area (TPSA) is 40.5 Å². The van der Waals surface area contributed by atoms with E-state index in [1.807, 2.05) is 37.4 Å². The minimum absolute atomic E-state index is 0.00986. The van der Waals surface area contributed by atoms with Crippen molar-refractivity contribution in [3.8, 4) is 0 Å². The Bertz CT molecular complexity index is 593. The lowest BCUT2D eigenvalue weighted by Gasteiger charge is -2.24. The van der Waals surface area contributed by atoms with Crippen LogP contribution in [-0.4, -0.2) is 36.1 Å². The second kappa shape index (κ2) is 7.76. The number of likely N-dealkylation sites (N-methyl/N-ethyl adjacent to an activating group) is 1. The van der Waals surface area contributed by atoms with Gasteiger partial charge in [-0.15, -0.1) is 0 Å². The molecular formula is C19H23NO2. The summed E-state index contributed by atoms with van der Waals surface area (Å²) in [7, 11) is 1.81. The number of hydrogen-bond donors (Lipinski definition) is 1. The summed E-state index contributed by atoms with van der Waals surface area (Å²) in [6.45, 7) is 2.76. The van der Waals surface area contributed by atoms with Crippen molar-refractivity contribution in [1.29, 1.82) is 0 Å². The third-order valence-electron chi connectivity index (χ3n) is 3.89. The van der Waals surface area contributed by atoms with E-state index < -0.39 is 0 Å². The lowest BCUT2D eigenvalue weighted by Crippen LogP contribution is -2.31. The van der Waals surface area contributed by atoms with Crippen LogP contribution in [0.5, 0.6) is 0 Å². The van der Waals surface area contributed by atoms with E-state index in [9.17, 15) is 9.90 Å². The Balaban J connectivity index is 2.10. The van der Waals surface area contributed by atoms with Gasteiger partial charge in [0, 0.05) is 31.7 Å². The molecule has 0 aromatic heterocycles. The van der Waals surface area contributed by atoms with E-state index in [0.29, 0.717) is 18.5 Å². The molecule has 22 heavy (non-hydrogen) atoms. The third-order valence-corrected chi connectivity index (χ3v) is 3.89. The first-order chi connectivity index (χ1) is 10.6. The zero-order valence-electron chi connectivity index (χ0n) is 13.2. The number of benzene rings is 2. The number of amides is 1. The molecule has 1 amide bonds. The summed E-state index contributed by atoms with van der Waals surface area (Å²) in [6.07, 6.45) is 0.648. The van der Waals surface area contributed by atoms with Crippen molar-refractivity contribution in [2.75, 3.05) is 20.2 Å². The van der Waals surface area contributed by atoms with Gasteiger partial charge in [0.2, 0.25) is 0 Å². The van der Waals surface area contributed by atoms with E-state index in [1.165, 1.54) is 5.56 Å². The molecule has 1 unspecified atom stereocenters. The summed E-state index contributed by atoms with van der Waals surface area (Å²) >= 11 is 0. The molecule has 0 radical (unpaired) electrons. The molecule has 0 saturated heterocycles. The maximum Gasteiger partial charge on any atom is 0.253 e. The molecule has 0 bridgehead atoms. The largest absolute Gasteiger partial charge is 0.396 e. The van der Waals surface area contributed by atoms with Gasteiger partial charge in [0.05, 0.1) is 0 Å². The molecule has 2 aromatic carbocycles. The Morgan fingerprint density at radius 2 is 1.73 bits per heavy atom. The average molecular weight is 297 g/mol. The number of hydrogen-bond acceptors (Lipinski definition) is 2. The highest BCUT2D eigenvalue weighted by atomic mass is 16.3. The predicted octanol–water partition coefficient (Wildman–Crippen LogP) is 3.23. The van der Waals surface area contributed by atoms with Crippen LogP contribution in [0.15, 0.2) is 54.6 Å². The van der Waals surface area contributed by atoms with Crippen LogP contribution in [0.3, 0.4) is 0 Å². The minimum atomic E-state index is 0.00986. The van der Waals surface area contributed by atoms with E-state index in [2.05, 4.69) is 31.2 Å². The first-order valence-electron chi connectivity index (χ1n) is 7.59. The van der Waals surface area contributed by atoms with Crippen LogP contribution in [0.25, 0.3) is 0 Å². The average Bonchev–Trinajstić information content (AvgIpc) is 2.55. The molecule has 3 heteroatoms. The quantitative estimate of drug-likeness (QED) is 0.889. The van der Waals surface area contributed by atoms with Gasteiger partial charge in [-0.05, 0) is 31.0 Å². The smallest absolute Gasteiger partial charge is 0.253 e. The van der Waals surface area contributed by atoms with Crippen molar-refractivity contribution in [1.82, 2.24) is 4.90 Å². The Kier molecular flexibility index (Phi) is 5.73. The number of rotatable bonds is 6. The van der Waals surface area contributed by atoms with Gasteiger partial charge < -0.3 is 10.0 Å². The molecule has 0 saturated carbocycles. The number of aliphatic hydroxyl groups excluding tert-OH is 1. The van der Waals surface area contributed by atoms with Crippen LogP contribution in [0, 0.1) is 6.92 Å². The molecule has 1 N–H and O–H groups in total. The highest BCUT2D eigenvalue weighted by Crippen LogP contribution is 2.21. The van der Waals surface area contributed by atoms with E-state index in [-0.39, 0.29) is 18.4 Å². The van der Waals surface area contributed by atoms with Gasteiger partial charge in [-0.1, -0.05) is 48.0 Å². The molecule has 0 fully saturated rings. The number of carbonyl (C=O) groups excluding carboxylic acids is 1. The fourth-order valence-corrected chi connectivity index (χ4v) is 2.57. The van der Waals surface area contributed by atoms with E-state index in [0.717, 1.165) is 5.56 Å². The SMILES string of the molecule is Cc1ccc(C(CCO)CN(C)C(=O)c2ccccc2)cc1. The summed E-state index contributed by atoms with van der Waals surface area (Å²) < 4.78 is 0. The normalized spacial score (nSPS) is 12.0. The molecule has 0 aliphatic carbocycles. The lowest BCUT2D eigenvalue weighted by molar-refractivity contribution is 0.0781. The van der Waals surface area contributed by atoms with Crippen LogP contribution in [0.1, 0.15) is 33.8 Å². The summed E-state index contributed by atoms with van der Waals surface area (Å²) in [6, 6.07) is 17.6. The zero-order valence-corrected chi connectivity index (χ0v) is 13.2. The number of carbonyl (C=O) groups is 1. The second-order valence-electron chi connectivity index (χ2n) is 5.67. The van der Waals surface area contributed by atoms with Crippen molar-refractivity contribution in [2.24, 2.45) is 0 Å². The first kappa shape index (κ1) is 16.2. The highest BCUT2D eigenvalue weighted by Gasteiger charge is 2.18. The second-order valence-corrected chi connectivity index (χ2v) is 5.67. The van der Waals surface area contributed by atoms with Crippen molar-refractivity contribution in [3.63, 3.8) is 0 Å². The molecule has 0 aliphatic heterocycles. The van der Waals surface area contributed by atoms with E-state index in [1.54, 1.807) is 4.90 Å². The number of nitrogens with zero attached hydrogens (tertiary/aromatic N) is 1. The Morgan fingerprint density at radius 1 is 1.09 bits per heavy atom. The van der Waals surface area contributed by atoms with Crippen LogP contribution in [-0.2, 0) is 0 Å². The first-order valence-corrected chi connectivity index (χ1v) is 7.59. The molecule has 2 aromatic rings. The fourth-order valence-electron chi connectivity index (χ4n) is 2.57. The number of aliphatic hydroxyl groups is 1. The van der Waals surface area contributed by atoms with Crippen LogP contribution < -0.4 is 0 Å². The van der Waals surface area contributed by atoms with Gasteiger partial charge in [-0.2, -0.15) is 0 Å². The molecular weight excluding hydrogens is 274 g/mol. The van der Waals surface area contributed by atoms with Crippen molar-refractivity contribution >= 4 is 5.91 Å².